The Labute approximate surface area is 190 Å². The fourth-order valence-corrected chi connectivity index (χ4v) is 4.02. The molecule has 0 aromatic carbocycles. The van der Waals surface area contributed by atoms with E-state index in [0.29, 0.717) is 12.8 Å². The minimum absolute atomic E-state index is 0.0591. The van der Waals surface area contributed by atoms with Gasteiger partial charge in [-0.15, -0.1) is 0 Å². The molecule has 1 unspecified atom stereocenters. The predicted octanol–water partition coefficient (Wildman–Crippen LogP) is 6.85. The summed E-state index contributed by atoms with van der Waals surface area (Å²) < 4.78 is 60.6. The van der Waals surface area contributed by atoms with E-state index in [4.69, 9.17) is 4.74 Å². The lowest BCUT2D eigenvalue weighted by atomic mass is 9.93. The quantitative estimate of drug-likeness (QED) is 0.198. The van der Waals surface area contributed by atoms with E-state index in [1.807, 2.05) is 6.92 Å². The van der Waals surface area contributed by atoms with Crippen molar-refractivity contribution in [1.29, 1.82) is 0 Å². The third kappa shape index (κ3) is 13.5. The van der Waals surface area contributed by atoms with E-state index in [-0.39, 0.29) is 6.42 Å². The highest BCUT2D eigenvalue weighted by Gasteiger charge is 2.49. The number of nitrogens with one attached hydrogen (secondary N) is 1. The van der Waals surface area contributed by atoms with Gasteiger partial charge in [0.2, 0.25) is 0 Å². The van der Waals surface area contributed by atoms with Gasteiger partial charge in [-0.3, -0.25) is 4.79 Å². The highest BCUT2D eigenvalue weighted by atomic mass is 32.2. The number of esters is 1. The monoisotopic (exact) mass is 471 g/mol. The van der Waals surface area contributed by atoms with E-state index in [1.165, 1.54) is 25.7 Å². The fraction of sp³-hybridized carbons (Fsp3) is 0.957. The lowest BCUT2D eigenvalue weighted by molar-refractivity contribution is -0.182. The second-order valence-electron chi connectivity index (χ2n) is 9.40. The number of hydrogen-bond acceptors (Lipinski definition) is 3. The predicted molar refractivity (Wildman–Crippen MR) is 122 cm³/mol. The fourth-order valence-electron chi connectivity index (χ4n) is 3.13. The number of rotatable bonds is 16. The van der Waals surface area contributed by atoms with Crippen LogP contribution in [0, 0.1) is 5.92 Å². The lowest BCUT2D eigenvalue weighted by Crippen LogP contribution is -2.54. The number of halogens is 3. The number of carbonyl (C=O) groups excluding carboxylic acids is 1. The second kappa shape index (κ2) is 15.3. The standard InChI is InChI=1S/C23H44F3NO3S/c1-7-9-10-11-12-13-14-15-16-17-19(21(28)30-18(3)8-2)20(23(24,25)26)27-31(29)22(4,5)6/h18-20,27H,7-17H2,1-6H3/t18?,19-,20-,31-/m1/s1. The van der Waals surface area contributed by atoms with Crippen molar-refractivity contribution >= 4 is 17.0 Å². The average Bonchev–Trinajstić information content (AvgIpc) is 2.66. The molecule has 0 spiro atoms. The summed E-state index contributed by atoms with van der Waals surface area (Å²) in [5.74, 6) is -2.28. The van der Waals surface area contributed by atoms with E-state index in [2.05, 4.69) is 11.6 Å². The molecular weight excluding hydrogens is 427 g/mol. The van der Waals surface area contributed by atoms with Crippen molar-refractivity contribution in [2.75, 3.05) is 0 Å². The van der Waals surface area contributed by atoms with E-state index in [0.717, 1.165) is 25.7 Å². The Morgan fingerprint density at radius 3 is 1.84 bits per heavy atom. The molecule has 186 valence electrons. The van der Waals surface area contributed by atoms with Crippen LogP contribution in [0.2, 0.25) is 0 Å². The topological polar surface area (TPSA) is 55.4 Å². The zero-order valence-corrected chi connectivity index (χ0v) is 21.1. The summed E-state index contributed by atoms with van der Waals surface area (Å²) in [6, 6.07) is -2.20. The Morgan fingerprint density at radius 2 is 1.42 bits per heavy atom. The SMILES string of the molecule is CCCCCCCCCCC[C@@H](C(=O)OC(C)CC)[C@@H](N[S@](=O)C(C)(C)C)C(F)(F)F. The molecule has 8 heteroatoms. The number of hydrogen-bond donors (Lipinski definition) is 1. The van der Waals surface area contributed by atoms with Gasteiger partial charge in [-0.05, 0) is 40.5 Å². The van der Waals surface area contributed by atoms with Gasteiger partial charge in [0.25, 0.3) is 0 Å². The van der Waals surface area contributed by atoms with Crippen LogP contribution in [-0.4, -0.2) is 33.2 Å². The van der Waals surface area contributed by atoms with Gasteiger partial charge in [0, 0.05) is 0 Å². The summed E-state index contributed by atoms with van der Waals surface area (Å²) in [7, 11) is -1.96. The van der Waals surface area contributed by atoms with Crippen LogP contribution in [0.25, 0.3) is 0 Å². The Kier molecular flexibility index (Phi) is 14.9. The highest BCUT2D eigenvalue weighted by molar-refractivity contribution is 7.84. The first kappa shape index (κ1) is 30.4. The third-order valence-electron chi connectivity index (χ3n) is 5.36. The molecule has 0 aliphatic rings. The van der Waals surface area contributed by atoms with Gasteiger partial charge in [-0.25, -0.2) is 8.93 Å². The van der Waals surface area contributed by atoms with Crippen LogP contribution in [0.5, 0.6) is 0 Å². The van der Waals surface area contributed by atoms with Crippen molar-refractivity contribution in [3.63, 3.8) is 0 Å². The van der Waals surface area contributed by atoms with Crippen molar-refractivity contribution in [1.82, 2.24) is 4.72 Å². The number of ether oxygens (including phenoxy) is 1. The minimum atomic E-state index is -4.71. The van der Waals surface area contributed by atoms with Gasteiger partial charge in [0.05, 0.1) is 27.8 Å². The maximum Gasteiger partial charge on any atom is 0.405 e. The van der Waals surface area contributed by atoms with Crippen LogP contribution < -0.4 is 4.72 Å². The van der Waals surface area contributed by atoms with Crippen LogP contribution in [0.1, 0.15) is 112 Å². The van der Waals surface area contributed by atoms with E-state index in [1.54, 1.807) is 27.7 Å². The summed E-state index contributed by atoms with van der Waals surface area (Å²) in [5, 5.41) is 0. The molecule has 0 saturated heterocycles. The highest BCUT2D eigenvalue weighted by Crippen LogP contribution is 2.31. The van der Waals surface area contributed by atoms with Crippen molar-refractivity contribution in [3.05, 3.63) is 0 Å². The van der Waals surface area contributed by atoms with Gasteiger partial charge in [-0.1, -0.05) is 71.6 Å². The summed E-state index contributed by atoms with van der Waals surface area (Å²) in [6.45, 7) is 10.4. The average molecular weight is 472 g/mol. The molecule has 4 nitrogen and oxygen atoms in total. The molecule has 1 N–H and O–H groups in total. The number of carbonyl (C=O) groups is 1. The van der Waals surface area contributed by atoms with Crippen LogP contribution >= 0.6 is 0 Å². The summed E-state index contributed by atoms with van der Waals surface area (Å²) >= 11 is 0. The van der Waals surface area contributed by atoms with Crippen LogP contribution in [-0.2, 0) is 20.5 Å². The molecule has 0 aromatic rings. The normalized spacial score (nSPS) is 16.5. The molecular formula is C23H44F3NO3S. The van der Waals surface area contributed by atoms with E-state index < -0.39 is 45.9 Å². The van der Waals surface area contributed by atoms with E-state index >= 15 is 0 Å². The number of alkyl halides is 3. The first-order valence-corrected chi connectivity index (χ1v) is 12.9. The van der Waals surface area contributed by atoms with Crippen molar-refractivity contribution in [3.8, 4) is 0 Å². The summed E-state index contributed by atoms with van der Waals surface area (Å²) in [5.41, 5.74) is 0. The van der Waals surface area contributed by atoms with Crippen LogP contribution in [0.15, 0.2) is 0 Å². The Hall–Kier alpha value is -0.630. The largest absolute Gasteiger partial charge is 0.462 e. The molecule has 0 aliphatic heterocycles. The third-order valence-corrected chi connectivity index (χ3v) is 6.94. The maximum atomic E-state index is 13.9. The minimum Gasteiger partial charge on any atom is -0.462 e. The zero-order valence-electron chi connectivity index (χ0n) is 20.3. The van der Waals surface area contributed by atoms with Crippen molar-refractivity contribution < 1.29 is 26.9 Å². The van der Waals surface area contributed by atoms with Crippen LogP contribution in [0.4, 0.5) is 13.2 Å². The summed E-state index contributed by atoms with van der Waals surface area (Å²) in [6.07, 6.45) is 4.68. The van der Waals surface area contributed by atoms with Gasteiger partial charge >= 0.3 is 12.1 Å². The van der Waals surface area contributed by atoms with Crippen molar-refractivity contribution in [2.45, 2.75) is 135 Å². The Bertz CT molecular complexity index is 521. The van der Waals surface area contributed by atoms with Gasteiger partial charge < -0.3 is 4.74 Å². The maximum absolute atomic E-state index is 13.9. The molecule has 0 amide bonds. The number of unbranched alkanes of at least 4 members (excludes halogenated alkanes) is 8. The van der Waals surface area contributed by atoms with Crippen molar-refractivity contribution in [2.24, 2.45) is 5.92 Å². The molecule has 0 heterocycles. The van der Waals surface area contributed by atoms with Crippen LogP contribution in [0.3, 0.4) is 0 Å². The molecule has 0 aromatic heterocycles. The second-order valence-corrected chi connectivity index (χ2v) is 11.4. The van der Waals surface area contributed by atoms with Gasteiger partial charge in [0.15, 0.2) is 0 Å². The van der Waals surface area contributed by atoms with Gasteiger partial charge in [-0.2, -0.15) is 13.2 Å². The molecule has 0 bridgehead atoms. The van der Waals surface area contributed by atoms with E-state index in [9.17, 15) is 22.2 Å². The Balaban J connectivity index is 5.07. The molecule has 0 radical (unpaired) electrons. The van der Waals surface area contributed by atoms with Gasteiger partial charge in [0.1, 0.15) is 6.04 Å². The Morgan fingerprint density at radius 1 is 0.935 bits per heavy atom. The molecule has 0 aliphatic carbocycles. The molecule has 0 saturated carbocycles. The smallest absolute Gasteiger partial charge is 0.405 e. The summed E-state index contributed by atoms with van der Waals surface area (Å²) in [4.78, 5) is 12.6. The molecule has 31 heavy (non-hydrogen) atoms. The first-order chi connectivity index (χ1) is 14.3. The first-order valence-electron chi connectivity index (χ1n) is 11.8. The molecule has 0 rings (SSSR count). The molecule has 0 fully saturated rings. The molecule has 4 atom stereocenters. The zero-order chi connectivity index (χ0) is 24.1. The lowest BCUT2D eigenvalue weighted by Gasteiger charge is -2.31.